The summed E-state index contributed by atoms with van der Waals surface area (Å²) < 4.78 is 12.2. The van der Waals surface area contributed by atoms with E-state index in [0.717, 1.165) is 16.8 Å². The minimum Gasteiger partial charge on any atom is -0.497 e. The molecule has 5 aromatic rings. The van der Waals surface area contributed by atoms with E-state index < -0.39 is 0 Å². The van der Waals surface area contributed by atoms with E-state index in [1.807, 2.05) is 48.5 Å². The fourth-order valence-electron chi connectivity index (χ4n) is 3.53. The number of ether oxygens (including phenoxy) is 2. The minimum atomic E-state index is -0.280. The van der Waals surface area contributed by atoms with E-state index in [1.54, 1.807) is 42.2 Å². The number of fused-ring (bicyclic) bond motifs is 1. The molecule has 0 radical (unpaired) electrons. The van der Waals surface area contributed by atoms with Crippen LogP contribution in [-0.4, -0.2) is 44.9 Å². The summed E-state index contributed by atoms with van der Waals surface area (Å²) in [6, 6.07) is 20.0. The van der Waals surface area contributed by atoms with Gasteiger partial charge in [0.05, 0.1) is 25.5 Å². The lowest BCUT2D eigenvalue weighted by Gasteiger charge is -2.11. The van der Waals surface area contributed by atoms with Crippen LogP contribution >= 0.6 is 0 Å². The van der Waals surface area contributed by atoms with Crippen LogP contribution in [0, 0.1) is 0 Å². The summed E-state index contributed by atoms with van der Waals surface area (Å²) in [4.78, 5) is 16.9. The first-order valence-electron chi connectivity index (χ1n) is 10.4. The van der Waals surface area contributed by atoms with Crippen molar-refractivity contribution in [3.8, 4) is 34.1 Å². The third-order valence-corrected chi connectivity index (χ3v) is 5.27. The second-order valence-corrected chi connectivity index (χ2v) is 7.35. The van der Waals surface area contributed by atoms with Crippen molar-refractivity contribution >= 4 is 17.2 Å². The van der Waals surface area contributed by atoms with Gasteiger partial charge in [0.15, 0.2) is 11.5 Å². The number of rotatable bonds is 6. The van der Waals surface area contributed by atoms with Gasteiger partial charge >= 0.3 is 0 Å². The molecule has 2 aromatic carbocycles. The number of nitrogens with one attached hydrogen (secondary N) is 1. The van der Waals surface area contributed by atoms with E-state index in [9.17, 15) is 4.79 Å². The van der Waals surface area contributed by atoms with Gasteiger partial charge in [-0.3, -0.25) is 9.78 Å². The van der Waals surface area contributed by atoms with Gasteiger partial charge in [-0.2, -0.15) is 9.61 Å². The Morgan fingerprint density at radius 1 is 0.912 bits per heavy atom. The maximum absolute atomic E-state index is 12.8. The van der Waals surface area contributed by atoms with Gasteiger partial charge in [-0.1, -0.05) is 12.1 Å². The Kier molecular flexibility index (Phi) is 5.57. The van der Waals surface area contributed by atoms with Crippen molar-refractivity contribution in [3.05, 3.63) is 84.7 Å². The van der Waals surface area contributed by atoms with Crippen LogP contribution in [0.1, 0.15) is 10.4 Å². The standard InChI is InChI=1S/C25H20N6O3/c1-33-19-9-10-20(22(14-19)34-2)25(32)27-18-7-5-16(6-8-18)21-11-12-23-28-29-24(31(23)30-21)17-4-3-13-26-15-17/h3-15H,1-2H3,(H,27,32). The highest BCUT2D eigenvalue weighted by atomic mass is 16.5. The molecule has 0 aliphatic heterocycles. The summed E-state index contributed by atoms with van der Waals surface area (Å²) in [5.74, 6) is 1.38. The van der Waals surface area contributed by atoms with Crippen molar-refractivity contribution in [3.63, 3.8) is 0 Å². The molecule has 1 amide bonds. The van der Waals surface area contributed by atoms with Gasteiger partial charge in [0.2, 0.25) is 0 Å². The van der Waals surface area contributed by atoms with Crippen LogP contribution in [0.5, 0.6) is 11.5 Å². The molecule has 0 bridgehead atoms. The molecular formula is C25H20N6O3. The summed E-state index contributed by atoms with van der Waals surface area (Å²) in [6.45, 7) is 0. The lowest BCUT2D eigenvalue weighted by molar-refractivity contribution is 0.102. The molecule has 3 aromatic heterocycles. The summed E-state index contributed by atoms with van der Waals surface area (Å²) in [5, 5.41) is 16.0. The van der Waals surface area contributed by atoms with Crippen LogP contribution < -0.4 is 14.8 Å². The number of hydrogen-bond donors (Lipinski definition) is 1. The summed E-state index contributed by atoms with van der Waals surface area (Å²) in [7, 11) is 3.07. The lowest BCUT2D eigenvalue weighted by atomic mass is 10.1. The number of hydrogen-bond acceptors (Lipinski definition) is 7. The first-order valence-corrected chi connectivity index (χ1v) is 10.4. The molecule has 0 aliphatic rings. The number of amides is 1. The highest BCUT2D eigenvalue weighted by Gasteiger charge is 2.14. The molecule has 1 N–H and O–H groups in total. The van der Waals surface area contributed by atoms with Gasteiger partial charge in [-0.15, -0.1) is 10.2 Å². The van der Waals surface area contributed by atoms with Gasteiger partial charge in [-0.25, -0.2) is 0 Å². The Morgan fingerprint density at radius 3 is 2.50 bits per heavy atom. The maximum atomic E-state index is 12.8. The van der Waals surface area contributed by atoms with E-state index in [1.165, 1.54) is 7.11 Å². The zero-order valence-electron chi connectivity index (χ0n) is 18.5. The number of methoxy groups -OCH3 is 2. The van der Waals surface area contributed by atoms with Crippen LogP contribution in [-0.2, 0) is 0 Å². The van der Waals surface area contributed by atoms with Gasteiger partial charge in [-0.05, 0) is 48.5 Å². The zero-order chi connectivity index (χ0) is 23.5. The van der Waals surface area contributed by atoms with Crippen LogP contribution in [0.2, 0.25) is 0 Å². The average Bonchev–Trinajstić information content (AvgIpc) is 3.32. The fraction of sp³-hybridized carbons (Fsp3) is 0.0800. The van der Waals surface area contributed by atoms with Gasteiger partial charge in [0.1, 0.15) is 11.5 Å². The molecule has 3 heterocycles. The first kappa shape index (κ1) is 21.1. The molecule has 0 aliphatic carbocycles. The smallest absolute Gasteiger partial charge is 0.259 e. The topological polar surface area (TPSA) is 104 Å². The second-order valence-electron chi connectivity index (χ2n) is 7.35. The molecule has 168 valence electrons. The monoisotopic (exact) mass is 452 g/mol. The second kappa shape index (κ2) is 8.99. The Labute approximate surface area is 195 Å². The van der Waals surface area contributed by atoms with Crippen LogP contribution in [0.3, 0.4) is 0 Å². The normalized spacial score (nSPS) is 10.8. The van der Waals surface area contributed by atoms with E-state index in [-0.39, 0.29) is 5.91 Å². The van der Waals surface area contributed by atoms with E-state index >= 15 is 0 Å². The van der Waals surface area contributed by atoms with E-state index in [4.69, 9.17) is 14.6 Å². The van der Waals surface area contributed by atoms with Gasteiger partial charge < -0.3 is 14.8 Å². The maximum Gasteiger partial charge on any atom is 0.259 e. The minimum absolute atomic E-state index is 0.280. The molecule has 0 saturated carbocycles. The molecule has 9 nitrogen and oxygen atoms in total. The van der Waals surface area contributed by atoms with Crippen molar-refractivity contribution in [2.24, 2.45) is 0 Å². The number of carbonyl (C=O) groups is 1. The summed E-state index contributed by atoms with van der Waals surface area (Å²) in [5.41, 5.74) is 4.15. The number of benzene rings is 2. The van der Waals surface area contributed by atoms with Crippen molar-refractivity contribution in [2.75, 3.05) is 19.5 Å². The fourth-order valence-corrected chi connectivity index (χ4v) is 3.53. The highest BCUT2D eigenvalue weighted by Crippen LogP contribution is 2.26. The first-order chi connectivity index (χ1) is 16.7. The van der Waals surface area contributed by atoms with Crippen LogP contribution in [0.25, 0.3) is 28.3 Å². The van der Waals surface area contributed by atoms with Gasteiger partial charge in [0.25, 0.3) is 5.91 Å². The Hall–Kier alpha value is -4.79. The summed E-state index contributed by atoms with van der Waals surface area (Å²) in [6.07, 6.45) is 3.43. The molecule has 0 fully saturated rings. The van der Waals surface area contributed by atoms with E-state index in [0.29, 0.717) is 34.2 Å². The number of nitrogens with zero attached hydrogens (tertiary/aromatic N) is 5. The zero-order valence-corrected chi connectivity index (χ0v) is 18.5. The molecule has 9 heteroatoms. The van der Waals surface area contributed by atoms with Crippen molar-refractivity contribution in [1.82, 2.24) is 24.8 Å². The number of anilines is 1. The number of carbonyl (C=O) groups excluding carboxylic acids is 1. The molecule has 0 atom stereocenters. The lowest BCUT2D eigenvalue weighted by Crippen LogP contribution is -2.13. The van der Waals surface area contributed by atoms with E-state index in [2.05, 4.69) is 20.5 Å². The third-order valence-electron chi connectivity index (χ3n) is 5.27. The van der Waals surface area contributed by atoms with Crippen molar-refractivity contribution < 1.29 is 14.3 Å². The Balaban J connectivity index is 1.39. The van der Waals surface area contributed by atoms with Crippen LogP contribution in [0.15, 0.2) is 79.1 Å². The van der Waals surface area contributed by atoms with Crippen LogP contribution in [0.4, 0.5) is 5.69 Å². The largest absolute Gasteiger partial charge is 0.497 e. The Bertz CT molecular complexity index is 1470. The Morgan fingerprint density at radius 2 is 1.76 bits per heavy atom. The van der Waals surface area contributed by atoms with Crippen molar-refractivity contribution in [2.45, 2.75) is 0 Å². The highest BCUT2D eigenvalue weighted by molar-refractivity contribution is 6.06. The number of aromatic nitrogens is 5. The molecule has 0 spiro atoms. The predicted molar refractivity (Wildman–Crippen MR) is 127 cm³/mol. The molecule has 5 rings (SSSR count). The quantitative estimate of drug-likeness (QED) is 0.413. The van der Waals surface area contributed by atoms with Crippen molar-refractivity contribution in [1.29, 1.82) is 0 Å². The molecular weight excluding hydrogens is 432 g/mol. The third kappa shape index (κ3) is 4.02. The average molecular weight is 452 g/mol. The molecule has 0 unspecified atom stereocenters. The summed E-state index contributed by atoms with van der Waals surface area (Å²) >= 11 is 0. The predicted octanol–water partition coefficient (Wildman–Crippen LogP) is 4.12. The number of pyridine rings is 1. The van der Waals surface area contributed by atoms with Gasteiger partial charge in [0, 0.05) is 35.3 Å². The SMILES string of the molecule is COc1ccc(C(=O)Nc2ccc(-c3ccc4nnc(-c5cccnc5)n4n3)cc2)c(OC)c1. The molecule has 34 heavy (non-hydrogen) atoms. The molecule has 0 saturated heterocycles.